The molecule has 19 heavy (non-hydrogen) atoms. The second-order valence-corrected chi connectivity index (χ2v) is 6.52. The lowest BCUT2D eigenvalue weighted by atomic mass is 9.96. The number of primary sulfonamides is 1. The molecule has 104 valence electrons. The Morgan fingerprint density at radius 2 is 2.05 bits per heavy atom. The second kappa shape index (κ2) is 5.11. The topological polar surface area (TPSA) is 86.5 Å². The summed E-state index contributed by atoms with van der Waals surface area (Å²) in [5.74, 6) is -0.573. The van der Waals surface area contributed by atoms with Gasteiger partial charge in [-0.05, 0) is 43.9 Å². The number of halogens is 1. The molecule has 1 fully saturated rings. The van der Waals surface area contributed by atoms with E-state index in [0.717, 1.165) is 19.3 Å². The second-order valence-electron chi connectivity index (χ2n) is 4.58. The third-order valence-corrected chi connectivity index (χ3v) is 4.59. The number of ether oxygens (including phenoxy) is 1. The number of carbonyl (C=O) groups excluding carboxylic acids is 1. The van der Waals surface area contributed by atoms with Crippen molar-refractivity contribution in [2.24, 2.45) is 5.14 Å². The van der Waals surface area contributed by atoms with Crippen LogP contribution in [0.2, 0.25) is 5.02 Å². The monoisotopic (exact) mass is 303 g/mol. The Morgan fingerprint density at radius 3 is 2.53 bits per heavy atom. The smallest absolute Gasteiger partial charge is 0.338 e. The first-order valence-corrected chi connectivity index (χ1v) is 7.75. The quantitative estimate of drug-likeness (QED) is 0.865. The van der Waals surface area contributed by atoms with Crippen molar-refractivity contribution in [2.45, 2.75) is 37.2 Å². The summed E-state index contributed by atoms with van der Waals surface area (Å²) in [5.41, 5.74) is 0.427. The van der Waals surface area contributed by atoms with Crippen molar-refractivity contribution < 1.29 is 17.9 Å². The van der Waals surface area contributed by atoms with Gasteiger partial charge in [-0.1, -0.05) is 11.6 Å². The van der Waals surface area contributed by atoms with Crippen LogP contribution in [0.25, 0.3) is 0 Å². The number of carbonyl (C=O) groups is 1. The molecule has 7 heteroatoms. The van der Waals surface area contributed by atoms with Crippen LogP contribution in [0.4, 0.5) is 0 Å². The van der Waals surface area contributed by atoms with Gasteiger partial charge in [-0.15, -0.1) is 0 Å². The van der Waals surface area contributed by atoms with Crippen LogP contribution in [-0.4, -0.2) is 20.5 Å². The summed E-state index contributed by atoms with van der Waals surface area (Å²) < 4.78 is 28.1. The first-order valence-electron chi connectivity index (χ1n) is 5.83. The maximum absolute atomic E-state index is 11.9. The molecule has 5 nitrogen and oxygen atoms in total. The Hall–Kier alpha value is -1.11. The highest BCUT2D eigenvalue weighted by atomic mass is 35.5. The maximum Gasteiger partial charge on any atom is 0.338 e. The summed E-state index contributed by atoms with van der Waals surface area (Å²) in [7, 11) is -3.92. The summed E-state index contributed by atoms with van der Waals surface area (Å²) in [5, 5.41) is 5.27. The summed E-state index contributed by atoms with van der Waals surface area (Å²) in [6.45, 7) is 1.53. The third kappa shape index (κ3) is 3.08. The van der Waals surface area contributed by atoms with Gasteiger partial charge in [-0.3, -0.25) is 0 Å². The van der Waals surface area contributed by atoms with E-state index in [1.54, 1.807) is 0 Å². The lowest BCUT2D eigenvalue weighted by Gasteiger charge is -2.25. The van der Waals surface area contributed by atoms with Crippen molar-refractivity contribution in [3.63, 3.8) is 0 Å². The zero-order chi connectivity index (χ0) is 14.2. The number of hydrogen-bond donors (Lipinski definition) is 1. The Balaban J connectivity index is 2.36. The van der Waals surface area contributed by atoms with Crippen molar-refractivity contribution in [3.05, 3.63) is 28.3 Å². The van der Waals surface area contributed by atoms with Crippen molar-refractivity contribution >= 4 is 27.6 Å². The number of sulfonamides is 1. The molecule has 2 rings (SSSR count). The molecule has 0 bridgehead atoms. The molecule has 0 atom stereocenters. The molecule has 0 amide bonds. The van der Waals surface area contributed by atoms with E-state index in [4.69, 9.17) is 21.5 Å². The molecular weight excluding hydrogens is 290 g/mol. The minimum atomic E-state index is -3.92. The van der Waals surface area contributed by atoms with Gasteiger partial charge in [0.2, 0.25) is 10.0 Å². The van der Waals surface area contributed by atoms with Crippen LogP contribution in [0.1, 0.15) is 35.2 Å². The van der Waals surface area contributed by atoms with Gasteiger partial charge in [0, 0.05) is 5.02 Å². The van der Waals surface area contributed by atoms with E-state index in [9.17, 15) is 13.2 Å². The van der Waals surface area contributed by atoms with Gasteiger partial charge >= 0.3 is 5.97 Å². The first kappa shape index (κ1) is 14.3. The van der Waals surface area contributed by atoms with E-state index in [-0.39, 0.29) is 21.6 Å². The van der Waals surface area contributed by atoms with Crippen LogP contribution in [-0.2, 0) is 14.8 Å². The fourth-order valence-corrected chi connectivity index (χ4v) is 2.88. The van der Waals surface area contributed by atoms with Crippen molar-refractivity contribution in [1.82, 2.24) is 0 Å². The van der Waals surface area contributed by atoms with Gasteiger partial charge in [0.05, 0.1) is 10.5 Å². The van der Waals surface area contributed by atoms with Gasteiger partial charge in [0.15, 0.2) is 0 Å². The average molecular weight is 304 g/mol. The summed E-state index contributed by atoms with van der Waals surface area (Å²) in [6.07, 6.45) is 2.64. The lowest BCUT2D eigenvalue weighted by Crippen LogP contribution is -2.25. The van der Waals surface area contributed by atoms with Crippen LogP contribution >= 0.6 is 11.6 Å². The Labute approximate surface area is 116 Å². The highest BCUT2D eigenvalue weighted by Gasteiger charge is 2.24. The molecule has 0 radical (unpaired) electrons. The first-order chi connectivity index (χ1) is 8.79. The van der Waals surface area contributed by atoms with Crippen LogP contribution in [0, 0.1) is 6.92 Å². The summed E-state index contributed by atoms with van der Waals surface area (Å²) in [4.78, 5) is 11.7. The lowest BCUT2D eigenvalue weighted by molar-refractivity contribution is 0.00898. The zero-order valence-electron chi connectivity index (χ0n) is 10.3. The molecule has 1 aliphatic rings. The molecule has 2 N–H and O–H groups in total. The molecule has 1 aromatic carbocycles. The predicted molar refractivity (Wildman–Crippen MR) is 70.6 cm³/mol. The van der Waals surface area contributed by atoms with Gasteiger partial charge in [0.1, 0.15) is 6.10 Å². The number of nitrogens with two attached hydrogens (primary N) is 1. The maximum atomic E-state index is 11.9. The molecule has 0 spiro atoms. The minimum Gasteiger partial charge on any atom is -0.459 e. The van der Waals surface area contributed by atoms with E-state index in [2.05, 4.69) is 0 Å². The zero-order valence-corrected chi connectivity index (χ0v) is 11.9. The number of esters is 1. The molecule has 0 saturated heterocycles. The highest BCUT2D eigenvalue weighted by molar-refractivity contribution is 7.89. The average Bonchev–Trinajstić information content (AvgIpc) is 2.25. The SMILES string of the molecule is Cc1c(Cl)cc(C(=O)OC2CCC2)cc1S(N)(=O)=O. The van der Waals surface area contributed by atoms with E-state index in [0.29, 0.717) is 5.56 Å². The number of benzene rings is 1. The van der Waals surface area contributed by atoms with E-state index < -0.39 is 16.0 Å². The van der Waals surface area contributed by atoms with Crippen molar-refractivity contribution in [2.75, 3.05) is 0 Å². The standard InChI is InChI=1S/C12H14ClNO4S/c1-7-10(13)5-8(6-11(7)19(14,16)17)12(15)18-9-3-2-4-9/h5-6,9H,2-4H2,1H3,(H2,14,16,17). The van der Waals surface area contributed by atoms with Crippen LogP contribution in [0.5, 0.6) is 0 Å². The number of rotatable bonds is 3. The predicted octanol–water partition coefficient (Wildman–Crippen LogP) is 2.01. The minimum absolute atomic E-state index is 0.0782. The Bertz CT molecular complexity index is 623. The van der Waals surface area contributed by atoms with Gasteiger partial charge in [-0.2, -0.15) is 0 Å². The molecule has 0 unspecified atom stereocenters. The molecule has 0 aromatic heterocycles. The summed E-state index contributed by atoms with van der Waals surface area (Å²) in [6, 6.07) is 2.60. The van der Waals surface area contributed by atoms with Gasteiger partial charge < -0.3 is 4.74 Å². The van der Waals surface area contributed by atoms with Gasteiger partial charge in [0.25, 0.3) is 0 Å². The fraction of sp³-hybridized carbons (Fsp3) is 0.417. The summed E-state index contributed by atoms with van der Waals surface area (Å²) >= 11 is 5.93. The molecule has 1 aliphatic carbocycles. The van der Waals surface area contributed by atoms with Crippen molar-refractivity contribution in [1.29, 1.82) is 0 Å². The van der Waals surface area contributed by atoms with E-state index in [1.165, 1.54) is 19.1 Å². The van der Waals surface area contributed by atoms with Crippen LogP contribution < -0.4 is 5.14 Å². The van der Waals surface area contributed by atoms with E-state index >= 15 is 0 Å². The van der Waals surface area contributed by atoms with Gasteiger partial charge in [-0.25, -0.2) is 18.4 Å². The molecular formula is C12H14ClNO4S. The molecule has 1 saturated carbocycles. The van der Waals surface area contributed by atoms with Crippen molar-refractivity contribution in [3.8, 4) is 0 Å². The van der Waals surface area contributed by atoms with E-state index in [1.807, 2.05) is 0 Å². The Morgan fingerprint density at radius 1 is 1.42 bits per heavy atom. The normalized spacial score (nSPS) is 15.9. The Kier molecular flexibility index (Phi) is 3.85. The number of hydrogen-bond acceptors (Lipinski definition) is 4. The molecule has 0 heterocycles. The molecule has 0 aliphatic heterocycles. The molecule has 1 aromatic rings. The highest BCUT2D eigenvalue weighted by Crippen LogP contribution is 2.27. The van der Waals surface area contributed by atoms with Crippen LogP contribution in [0.15, 0.2) is 17.0 Å². The fourth-order valence-electron chi connectivity index (χ4n) is 1.78. The van der Waals surface area contributed by atoms with Crippen LogP contribution in [0.3, 0.4) is 0 Å². The third-order valence-electron chi connectivity index (χ3n) is 3.16. The largest absolute Gasteiger partial charge is 0.459 e.